The van der Waals surface area contributed by atoms with Crippen molar-refractivity contribution in [3.63, 3.8) is 0 Å². The predicted molar refractivity (Wildman–Crippen MR) is 104 cm³/mol. The number of nitro benzene ring substituents is 2. The fourth-order valence-electron chi connectivity index (χ4n) is 2.89. The van der Waals surface area contributed by atoms with Crippen LogP contribution in [-0.2, 0) is 4.79 Å². The zero-order valence-electron chi connectivity index (χ0n) is 15.5. The number of amides is 1. The molecule has 0 aromatic heterocycles. The first-order valence-corrected chi connectivity index (χ1v) is 8.71. The molecule has 2 aromatic rings. The summed E-state index contributed by atoms with van der Waals surface area (Å²) in [7, 11) is 0. The highest BCUT2D eigenvalue weighted by molar-refractivity contribution is 5.94. The second kappa shape index (κ2) is 8.42. The molecule has 29 heavy (non-hydrogen) atoms. The monoisotopic (exact) mass is 402 g/mol. The lowest BCUT2D eigenvalue weighted by atomic mass is 10.2. The summed E-state index contributed by atoms with van der Waals surface area (Å²) in [6.45, 7) is 3.54. The Kier molecular flexibility index (Phi) is 5.77. The molecule has 0 unspecified atom stereocenters. The first-order chi connectivity index (χ1) is 13.9. The van der Waals surface area contributed by atoms with Gasteiger partial charge >= 0.3 is 0 Å². The summed E-state index contributed by atoms with van der Waals surface area (Å²) in [5.41, 5.74) is 1.20. The third-order valence-corrected chi connectivity index (χ3v) is 4.25. The molecule has 2 aromatic carbocycles. The normalized spacial score (nSPS) is 13.9. The topological polar surface area (TPSA) is 137 Å². The number of ether oxygens (including phenoxy) is 2. The molecule has 0 bridgehead atoms. The van der Waals surface area contributed by atoms with E-state index in [1.165, 1.54) is 42.2 Å². The summed E-state index contributed by atoms with van der Waals surface area (Å²) >= 11 is 0. The third kappa shape index (κ3) is 4.51. The molecule has 1 amide bonds. The molecule has 11 heteroatoms. The van der Waals surface area contributed by atoms with Crippen molar-refractivity contribution >= 4 is 28.7 Å². The van der Waals surface area contributed by atoms with Crippen molar-refractivity contribution in [3.05, 3.63) is 56.6 Å². The lowest BCUT2D eigenvalue weighted by molar-refractivity contribution is -0.385. The number of carbonyl (C=O) groups excluding carboxylic acids is 1. The fraction of sp³-hybridized carbons (Fsp3) is 0.278. The maximum Gasteiger partial charge on any atom is 0.271 e. The molecule has 0 saturated heterocycles. The van der Waals surface area contributed by atoms with Crippen LogP contribution in [0.15, 0.2) is 36.4 Å². The largest absolute Gasteiger partial charge is 0.490 e. The second-order valence-electron chi connectivity index (χ2n) is 6.14. The third-order valence-electron chi connectivity index (χ3n) is 4.25. The van der Waals surface area contributed by atoms with Gasteiger partial charge in [-0.2, -0.15) is 0 Å². The zero-order valence-corrected chi connectivity index (χ0v) is 15.5. The van der Waals surface area contributed by atoms with Crippen molar-refractivity contribution in [1.82, 2.24) is 0 Å². The minimum atomic E-state index is -0.493. The van der Waals surface area contributed by atoms with Crippen molar-refractivity contribution in [3.8, 4) is 11.5 Å². The van der Waals surface area contributed by atoms with Crippen LogP contribution >= 0.6 is 0 Å². The van der Waals surface area contributed by atoms with Gasteiger partial charge in [-0.15, -0.1) is 0 Å². The SMILES string of the molecule is CC(=O)N1CCOc2ccc([N+](=O)[O-])cc21.O=[N+]([O-])c1ccc2c(c1)NCCO2. The molecule has 2 heterocycles. The van der Waals surface area contributed by atoms with Crippen molar-refractivity contribution in [2.24, 2.45) is 0 Å². The maximum atomic E-state index is 11.3. The Morgan fingerprint density at radius 1 is 1.00 bits per heavy atom. The Morgan fingerprint density at radius 3 is 2.28 bits per heavy atom. The number of anilines is 2. The molecule has 0 spiro atoms. The van der Waals surface area contributed by atoms with E-state index >= 15 is 0 Å². The molecular formula is C18H18N4O7. The van der Waals surface area contributed by atoms with Gasteiger partial charge in [-0.05, 0) is 12.1 Å². The standard InChI is InChI=1S/C10H10N2O4.C8H8N2O3/c1-7(13)11-4-5-16-10-3-2-8(12(14)15)6-9(10)11;11-10(12)6-1-2-8-7(5-6)9-3-4-13-8/h2-3,6H,4-5H2,1H3;1-2,5,9H,3-4H2. The number of nitrogens with one attached hydrogen (secondary N) is 1. The van der Waals surface area contributed by atoms with Gasteiger partial charge in [0.05, 0.1) is 27.8 Å². The summed E-state index contributed by atoms with van der Waals surface area (Å²) in [4.78, 5) is 33.0. The summed E-state index contributed by atoms with van der Waals surface area (Å²) in [6, 6.07) is 8.76. The number of carbonyl (C=O) groups is 1. The Balaban J connectivity index is 0.000000169. The maximum absolute atomic E-state index is 11.3. The number of nitro groups is 2. The highest BCUT2D eigenvalue weighted by Crippen LogP contribution is 2.34. The quantitative estimate of drug-likeness (QED) is 0.598. The highest BCUT2D eigenvalue weighted by Gasteiger charge is 2.23. The molecule has 2 aliphatic rings. The van der Waals surface area contributed by atoms with Crippen LogP contribution in [0.1, 0.15) is 6.92 Å². The molecule has 152 valence electrons. The van der Waals surface area contributed by atoms with Gasteiger partial charge in [-0.1, -0.05) is 0 Å². The number of nitrogens with zero attached hydrogens (tertiary/aromatic N) is 3. The molecule has 1 N–H and O–H groups in total. The van der Waals surface area contributed by atoms with E-state index in [-0.39, 0.29) is 17.3 Å². The highest BCUT2D eigenvalue weighted by atomic mass is 16.6. The van der Waals surface area contributed by atoms with E-state index in [2.05, 4.69) is 5.32 Å². The molecular weight excluding hydrogens is 384 g/mol. The number of non-ortho nitro benzene ring substituents is 2. The molecule has 4 rings (SSSR count). The van der Waals surface area contributed by atoms with Gasteiger partial charge in [0.15, 0.2) is 0 Å². The predicted octanol–water partition coefficient (Wildman–Crippen LogP) is 2.74. The number of benzene rings is 2. The number of rotatable bonds is 2. The van der Waals surface area contributed by atoms with Crippen molar-refractivity contribution in [1.29, 1.82) is 0 Å². The first kappa shape index (κ1) is 19.9. The molecule has 0 saturated carbocycles. The van der Waals surface area contributed by atoms with Crippen LogP contribution in [0.5, 0.6) is 11.5 Å². The van der Waals surface area contributed by atoms with E-state index in [0.717, 1.165) is 0 Å². The lowest BCUT2D eigenvalue weighted by Crippen LogP contribution is -2.36. The molecule has 2 aliphatic heterocycles. The van der Waals surface area contributed by atoms with Crippen molar-refractivity contribution in [2.45, 2.75) is 6.92 Å². The van der Waals surface area contributed by atoms with Crippen LogP contribution < -0.4 is 19.7 Å². The number of hydrogen-bond acceptors (Lipinski definition) is 8. The van der Waals surface area contributed by atoms with Gasteiger partial charge in [0.2, 0.25) is 5.91 Å². The van der Waals surface area contributed by atoms with E-state index in [1.54, 1.807) is 6.07 Å². The minimum absolute atomic E-state index is 0.0458. The van der Waals surface area contributed by atoms with Crippen molar-refractivity contribution in [2.75, 3.05) is 36.5 Å². The molecule has 0 radical (unpaired) electrons. The molecule has 0 fully saturated rings. The van der Waals surface area contributed by atoms with Crippen LogP contribution in [0.2, 0.25) is 0 Å². The Bertz CT molecular complexity index is 963. The smallest absolute Gasteiger partial charge is 0.271 e. The van der Waals surface area contributed by atoms with E-state index in [9.17, 15) is 25.0 Å². The Morgan fingerprint density at radius 2 is 1.62 bits per heavy atom. The molecule has 0 atom stereocenters. The summed E-state index contributed by atoms with van der Waals surface area (Å²) in [5.74, 6) is 1.04. The van der Waals surface area contributed by atoms with Gasteiger partial charge in [-0.3, -0.25) is 25.0 Å². The van der Waals surface area contributed by atoms with Crippen LogP contribution in [0.4, 0.5) is 22.7 Å². The van der Waals surface area contributed by atoms with Gasteiger partial charge in [-0.25, -0.2) is 0 Å². The number of fused-ring (bicyclic) bond motifs is 2. The van der Waals surface area contributed by atoms with E-state index in [1.807, 2.05) is 0 Å². The zero-order chi connectivity index (χ0) is 21.0. The van der Waals surface area contributed by atoms with E-state index in [4.69, 9.17) is 9.47 Å². The average Bonchev–Trinajstić information content (AvgIpc) is 2.72. The van der Waals surface area contributed by atoms with Gasteiger partial charge in [0, 0.05) is 37.7 Å². The van der Waals surface area contributed by atoms with Gasteiger partial charge in [0.25, 0.3) is 11.4 Å². The Hall–Kier alpha value is -3.89. The second-order valence-corrected chi connectivity index (χ2v) is 6.14. The van der Waals surface area contributed by atoms with Gasteiger partial charge in [0.1, 0.15) is 24.7 Å². The van der Waals surface area contributed by atoms with E-state index in [0.29, 0.717) is 49.2 Å². The van der Waals surface area contributed by atoms with Crippen LogP contribution in [-0.4, -0.2) is 42.1 Å². The molecule has 0 aliphatic carbocycles. The van der Waals surface area contributed by atoms with Crippen LogP contribution in [0, 0.1) is 20.2 Å². The average molecular weight is 402 g/mol. The van der Waals surface area contributed by atoms with Gasteiger partial charge < -0.3 is 19.7 Å². The summed E-state index contributed by atoms with van der Waals surface area (Å²) < 4.78 is 10.6. The van der Waals surface area contributed by atoms with Crippen molar-refractivity contribution < 1.29 is 24.1 Å². The first-order valence-electron chi connectivity index (χ1n) is 8.71. The molecule has 11 nitrogen and oxygen atoms in total. The Labute approximate surface area is 165 Å². The van der Waals surface area contributed by atoms with Crippen LogP contribution in [0.25, 0.3) is 0 Å². The summed E-state index contributed by atoms with van der Waals surface area (Å²) in [6.07, 6.45) is 0. The lowest BCUT2D eigenvalue weighted by Gasteiger charge is -2.28. The number of hydrogen-bond donors (Lipinski definition) is 1. The fourth-order valence-corrected chi connectivity index (χ4v) is 2.89. The van der Waals surface area contributed by atoms with E-state index < -0.39 is 9.85 Å². The minimum Gasteiger partial charge on any atom is -0.490 e. The van der Waals surface area contributed by atoms with Crippen LogP contribution in [0.3, 0.4) is 0 Å². The summed E-state index contributed by atoms with van der Waals surface area (Å²) in [5, 5.41) is 24.1.